The van der Waals surface area contributed by atoms with E-state index in [4.69, 9.17) is 33.2 Å². The van der Waals surface area contributed by atoms with Gasteiger partial charge in [0, 0.05) is 15.6 Å². The van der Waals surface area contributed by atoms with E-state index in [1.807, 2.05) is 0 Å². The Labute approximate surface area is 270 Å². The minimum Gasteiger partial charge on any atom is -0.484 e. The summed E-state index contributed by atoms with van der Waals surface area (Å²) in [5.41, 5.74) is 0. The summed E-state index contributed by atoms with van der Waals surface area (Å²) in [4.78, 5) is 0. The van der Waals surface area contributed by atoms with E-state index in [1.54, 1.807) is 0 Å². The van der Waals surface area contributed by atoms with Gasteiger partial charge in [0.05, 0.1) is 0 Å². The lowest BCUT2D eigenvalue weighted by atomic mass is 10.1. The first-order valence-electron chi connectivity index (χ1n) is 12.4. The first-order chi connectivity index (χ1) is 20.7. The Morgan fingerprint density at radius 1 is 0.348 bits per heavy atom. The van der Waals surface area contributed by atoms with Crippen molar-refractivity contribution in [3.05, 3.63) is 69.8 Å². The molecule has 0 N–H and O–H groups in total. The smallest absolute Gasteiger partial charge is 0.484 e. The first kappa shape index (κ1) is 38.3. The van der Waals surface area contributed by atoms with Crippen LogP contribution in [0.5, 0.6) is 17.2 Å². The third-order valence-electron chi connectivity index (χ3n) is 6.09. The SMILES string of the molecule is C[Si](C)(Cl)c1c(F)c(F)c(OB(Oc2c(F)c(F)c([Si](C)(C)Cl)c(F)c2F)Oc2c(F)c(F)c([Si](C)(C)Cl)c(F)c2F)c(F)c1F. The summed E-state index contributed by atoms with van der Waals surface area (Å²) in [5, 5.41) is -3.78. The quantitative estimate of drug-likeness (QED) is 0.0960. The molecular weight excluding hydrogens is 766 g/mol. The fourth-order valence-electron chi connectivity index (χ4n) is 4.07. The van der Waals surface area contributed by atoms with Crippen LogP contribution in [0.2, 0.25) is 39.3 Å². The molecule has 46 heavy (non-hydrogen) atoms. The van der Waals surface area contributed by atoms with E-state index in [0.717, 1.165) is 39.3 Å². The van der Waals surface area contributed by atoms with Crippen molar-refractivity contribution in [1.82, 2.24) is 0 Å². The summed E-state index contributed by atoms with van der Waals surface area (Å²) in [6.07, 6.45) is 0. The van der Waals surface area contributed by atoms with Crippen molar-refractivity contribution in [1.29, 1.82) is 0 Å². The van der Waals surface area contributed by atoms with Gasteiger partial charge >= 0.3 is 7.32 Å². The van der Waals surface area contributed by atoms with Crippen molar-refractivity contribution in [2.75, 3.05) is 0 Å². The van der Waals surface area contributed by atoms with E-state index >= 15 is 26.3 Å². The van der Waals surface area contributed by atoms with Crippen LogP contribution in [0.15, 0.2) is 0 Å². The highest BCUT2D eigenvalue weighted by atomic mass is 35.6. The van der Waals surface area contributed by atoms with Gasteiger partial charge in [0.15, 0.2) is 74.3 Å². The molecule has 0 aliphatic carbocycles. The maximum Gasteiger partial charge on any atom is 0.864 e. The summed E-state index contributed by atoms with van der Waals surface area (Å²) in [6.45, 7) is 6.32. The predicted octanol–water partition coefficient (Wildman–Crippen LogP) is 7.83. The van der Waals surface area contributed by atoms with Crippen LogP contribution in [-0.4, -0.2) is 29.5 Å². The highest BCUT2D eigenvalue weighted by Gasteiger charge is 2.45. The predicted molar refractivity (Wildman–Crippen MR) is 155 cm³/mol. The van der Waals surface area contributed by atoms with E-state index < -0.39 is 132 Å². The van der Waals surface area contributed by atoms with Crippen molar-refractivity contribution < 1.29 is 66.6 Å². The Kier molecular flexibility index (Phi) is 10.8. The van der Waals surface area contributed by atoms with Gasteiger partial charge in [0.1, 0.15) is 0 Å². The van der Waals surface area contributed by atoms with Gasteiger partial charge in [-0.1, -0.05) is 39.3 Å². The van der Waals surface area contributed by atoms with Crippen molar-refractivity contribution in [2.24, 2.45) is 0 Å². The molecule has 0 radical (unpaired) electrons. The van der Waals surface area contributed by atoms with Crippen LogP contribution in [0.3, 0.4) is 0 Å². The molecule has 0 amide bonds. The summed E-state index contributed by atoms with van der Waals surface area (Å²) in [7, 11) is -14.7. The molecule has 0 saturated carbocycles. The highest BCUT2D eigenvalue weighted by molar-refractivity contribution is 7.27. The van der Waals surface area contributed by atoms with Crippen LogP contribution < -0.4 is 29.5 Å². The summed E-state index contributed by atoms with van der Waals surface area (Å²) >= 11 is 17.8. The van der Waals surface area contributed by atoms with Crippen LogP contribution in [0.1, 0.15) is 0 Å². The van der Waals surface area contributed by atoms with Gasteiger partial charge in [-0.3, -0.25) is 0 Å². The van der Waals surface area contributed by atoms with Gasteiger partial charge in [-0.05, 0) is 0 Å². The molecule has 0 unspecified atom stereocenters. The fraction of sp³-hybridized carbons (Fsp3) is 0.250. The van der Waals surface area contributed by atoms with Gasteiger partial charge < -0.3 is 14.0 Å². The molecule has 3 nitrogen and oxygen atoms in total. The van der Waals surface area contributed by atoms with Gasteiger partial charge in [-0.15, -0.1) is 0 Å². The monoisotopic (exact) mass is 782 g/mol. The van der Waals surface area contributed by atoms with Crippen LogP contribution in [0.4, 0.5) is 52.7 Å². The lowest BCUT2D eigenvalue weighted by molar-refractivity contribution is 0.256. The van der Waals surface area contributed by atoms with Gasteiger partial charge in [0.25, 0.3) is 0 Å². The topological polar surface area (TPSA) is 27.7 Å². The van der Waals surface area contributed by atoms with E-state index in [2.05, 4.69) is 14.0 Å². The molecule has 0 saturated heterocycles. The molecule has 22 heteroatoms. The maximum atomic E-state index is 15.0. The summed E-state index contributed by atoms with van der Waals surface area (Å²) in [5.74, 6) is -33.9. The van der Waals surface area contributed by atoms with E-state index in [9.17, 15) is 26.3 Å². The lowest BCUT2D eigenvalue weighted by Crippen LogP contribution is -2.45. The molecular formula is C24H18BCl3F12O3Si3. The van der Waals surface area contributed by atoms with Crippen LogP contribution in [0, 0.1) is 69.8 Å². The Morgan fingerprint density at radius 2 is 0.500 bits per heavy atom. The zero-order valence-electron chi connectivity index (χ0n) is 24.0. The average molecular weight is 784 g/mol. The van der Waals surface area contributed by atoms with Crippen molar-refractivity contribution in [3.8, 4) is 17.2 Å². The normalized spacial score (nSPS) is 12.5. The largest absolute Gasteiger partial charge is 0.864 e. The molecule has 3 rings (SSSR count). The number of rotatable bonds is 9. The third kappa shape index (κ3) is 6.99. The zero-order valence-corrected chi connectivity index (χ0v) is 29.2. The molecule has 0 aliphatic rings. The van der Waals surface area contributed by atoms with Gasteiger partial charge in [0.2, 0.25) is 34.9 Å². The molecule has 0 atom stereocenters. The van der Waals surface area contributed by atoms with Crippen LogP contribution in [-0.2, 0) is 0 Å². The second-order valence-electron chi connectivity index (χ2n) is 10.9. The van der Waals surface area contributed by atoms with Crippen LogP contribution >= 0.6 is 33.2 Å². The lowest BCUT2D eigenvalue weighted by Gasteiger charge is -2.23. The summed E-state index contributed by atoms with van der Waals surface area (Å²) in [6, 6.07) is 0. The minimum atomic E-state index is -3.72. The van der Waals surface area contributed by atoms with Gasteiger partial charge in [-0.25, -0.2) is 26.3 Å². The molecule has 0 bridgehead atoms. The average Bonchev–Trinajstić information content (AvgIpc) is 2.90. The van der Waals surface area contributed by atoms with Crippen molar-refractivity contribution >= 4 is 78.3 Å². The van der Waals surface area contributed by atoms with Crippen molar-refractivity contribution in [2.45, 2.75) is 39.3 Å². The van der Waals surface area contributed by atoms with E-state index in [-0.39, 0.29) is 0 Å². The standard InChI is InChI=1S/C24H18BCl3F12O3Si3/c1-44(2,26)22-13(35)7(29)19(8(30)14(22)36)41-25(42-20-9(31)15(37)23(45(3,4)27)16(38)10(20)32)43-21-11(33)17(39)24(46(5,6)28)18(40)12(21)34/h1-6H3. The number of hydrogen-bond acceptors (Lipinski definition) is 3. The maximum absolute atomic E-state index is 15.0. The molecule has 0 aliphatic heterocycles. The van der Waals surface area contributed by atoms with E-state index in [0.29, 0.717) is 0 Å². The third-order valence-corrected chi connectivity index (χ3v) is 12.7. The fourth-order valence-corrected chi connectivity index (χ4v) is 9.36. The molecule has 0 heterocycles. The minimum absolute atomic E-state index is 1.05. The number of benzene rings is 3. The van der Waals surface area contributed by atoms with Gasteiger partial charge in [-0.2, -0.15) is 59.6 Å². The Balaban J connectivity index is 2.32. The van der Waals surface area contributed by atoms with Crippen LogP contribution in [0.25, 0.3) is 0 Å². The van der Waals surface area contributed by atoms with E-state index in [1.165, 1.54) is 0 Å². The molecule has 0 spiro atoms. The molecule has 252 valence electrons. The molecule has 0 aromatic heterocycles. The molecule has 3 aromatic rings. The van der Waals surface area contributed by atoms with Crippen molar-refractivity contribution in [3.63, 3.8) is 0 Å². The zero-order chi connectivity index (χ0) is 35.6. The number of halogens is 15. The molecule has 0 fully saturated rings. The highest BCUT2D eigenvalue weighted by Crippen LogP contribution is 2.34. The Morgan fingerprint density at radius 3 is 0.630 bits per heavy atom. The first-order valence-corrected chi connectivity index (χ1v) is 24.4. The Bertz CT molecular complexity index is 1450. The Hall–Kier alpha value is -2.19. The summed E-state index contributed by atoms with van der Waals surface area (Å²) < 4.78 is 193. The second-order valence-corrected chi connectivity index (χ2v) is 29.8. The second kappa shape index (κ2) is 13.0. The number of hydrogen-bond donors (Lipinski definition) is 0. The molecule has 3 aromatic carbocycles.